The van der Waals surface area contributed by atoms with Gasteiger partial charge in [0.15, 0.2) is 0 Å². The lowest BCUT2D eigenvalue weighted by molar-refractivity contribution is 0.0832. The molecule has 0 aliphatic heterocycles. The van der Waals surface area contributed by atoms with Gasteiger partial charge in [-0.25, -0.2) is 4.98 Å². The maximum atomic E-state index is 12.0. The van der Waals surface area contributed by atoms with Crippen LogP contribution in [0.3, 0.4) is 0 Å². The van der Waals surface area contributed by atoms with Gasteiger partial charge >= 0.3 is 0 Å². The van der Waals surface area contributed by atoms with Crippen LogP contribution in [0.2, 0.25) is 0 Å². The van der Waals surface area contributed by atoms with E-state index in [2.05, 4.69) is 11.1 Å². The second-order valence-electron chi connectivity index (χ2n) is 4.89. The van der Waals surface area contributed by atoms with Crippen LogP contribution in [-0.2, 0) is 7.05 Å². The molecular formula is C15H15N3OS. The summed E-state index contributed by atoms with van der Waals surface area (Å²) >= 11 is 1.52. The van der Waals surface area contributed by atoms with Gasteiger partial charge in [0, 0.05) is 49.4 Å². The van der Waals surface area contributed by atoms with E-state index in [4.69, 9.17) is 0 Å². The molecule has 3 aromatic heterocycles. The lowest BCUT2D eigenvalue weighted by Crippen LogP contribution is -2.20. The highest BCUT2D eigenvalue weighted by molar-refractivity contribution is 7.17. The number of thiophene rings is 1. The van der Waals surface area contributed by atoms with Crippen molar-refractivity contribution < 1.29 is 4.79 Å². The second kappa shape index (κ2) is 4.76. The summed E-state index contributed by atoms with van der Waals surface area (Å²) in [7, 11) is 5.52. The summed E-state index contributed by atoms with van der Waals surface area (Å²) in [5.41, 5.74) is 2.08. The van der Waals surface area contributed by atoms with Crippen LogP contribution >= 0.6 is 11.3 Å². The maximum absolute atomic E-state index is 12.0. The van der Waals surface area contributed by atoms with E-state index < -0.39 is 0 Å². The van der Waals surface area contributed by atoms with Gasteiger partial charge in [-0.1, -0.05) is 0 Å². The van der Waals surface area contributed by atoms with Crippen LogP contribution in [0.15, 0.2) is 36.7 Å². The van der Waals surface area contributed by atoms with Crippen LogP contribution in [0.4, 0.5) is 0 Å². The minimum absolute atomic E-state index is 0.0413. The van der Waals surface area contributed by atoms with Gasteiger partial charge in [0.25, 0.3) is 5.91 Å². The molecule has 0 spiro atoms. The van der Waals surface area contributed by atoms with Gasteiger partial charge in [-0.15, -0.1) is 11.3 Å². The molecule has 0 bridgehead atoms. The lowest BCUT2D eigenvalue weighted by atomic mass is 10.1. The Labute approximate surface area is 121 Å². The van der Waals surface area contributed by atoms with E-state index >= 15 is 0 Å². The number of pyridine rings is 1. The van der Waals surface area contributed by atoms with Crippen LogP contribution < -0.4 is 0 Å². The standard InChI is InChI=1S/C15H15N3OS/c1-17(2)15(19)13-5-4-12(20-13)10-6-8-16-14-11(10)7-9-18(14)3/h4-9H,1-3H3. The second-order valence-corrected chi connectivity index (χ2v) is 5.97. The first-order valence-electron chi connectivity index (χ1n) is 6.30. The molecule has 1 amide bonds. The van der Waals surface area contributed by atoms with Crippen molar-refractivity contribution in [1.29, 1.82) is 0 Å². The lowest BCUT2D eigenvalue weighted by Gasteiger charge is -2.07. The summed E-state index contributed by atoms with van der Waals surface area (Å²) < 4.78 is 2.00. The number of rotatable bonds is 2. The highest BCUT2D eigenvalue weighted by Gasteiger charge is 2.14. The number of amides is 1. The molecule has 5 heteroatoms. The SMILES string of the molecule is CN(C)C(=O)c1ccc(-c2ccnc3c2ccn3C)s1. The van der Waals surface area contributed by atoms with Crippen molar-refractivity contribution in [3.05, 3.63) is 41.5 Å². The van der Waals surface area contributed by atoms with Gasteiger partial charge in [-0.05, 0) is 24.3 Å². The molecule has 0 aliphatic rings. The molecular weight excluding hydrogens is 270 g/mol. The van der Waals surface area contributed by atoms with Crippen molar-refractivity contribution in [1.82, 2.24) is 14.5 Å². The Morgan fingerprint density at radius 2 is 2.05 bits per heavy atom. The Morgan fingerprint density at radius 3 is 2.80 bits per heavy atom. The monoisotopic (exact) mass is 285 g/mol. The van der Waals surface area contributed by atoms with Crippen LogP contribution in [0, 0.1) is 0 Å². The molecule has 0 atom stereocenters. The zero-order chi connectivity index (χ0) is 14.3. The predicted molar refractivity (Wildman–Crippen MR) is 82.0 cm³/mol. The minimum Gasteiger partial charge on any atom is -0.344 e. The average molecular weight is 285 g/mol. The van der Waals surface area contributed by atoms with Crippen molar-refractivity contribution in [2.75, 3.05) is 14.1 Å². The molecule has 102 valence electrons. The van der Waals surface area contributed by atoms with Gasteiger partial charge in [-0.2, -0.15) is 0 Å². The third-order valence-corrected chi connectivity index (χ3v) is 4.36. The molecule has 3 heterocycles. The number of carbonyl (C=O) groups excluding carboxylic acids is 1. The molecule has 0 unspecified atom stereocenters. The Morgan fingerprint density at radius 1 is 1.25 bits per heavy atom. The third kappa shape index (κ3) is 2.00. The number of aryl methyl sites for hydroxylation is 1. The van der Waals surface area contributed by atoms with Crippen LogP contribution in [0.5, 0.6) is 0 Å². The van der Waals surface area contributed by atoms with Gasteiger partial charge in [-0.3, -0.25) is 4.79 Å². The molecule has 0 aromatic carbocycles. The van der Waals surface area contributed by atoms with Gasteiger partial charge < -0.3 is 9.47 Å². The first kappa shape index (κ1) is 12.9. The smallest absolute Gasteiger partial charge is 0.263 e. The fraction of sp³-hybridized carbons (Fsp3) is 0.200. The highest BCUT2D eigenvalue weighted by Crippen LogP contribution is 2.33. The average Bonchev–Trinajstić information content (AvgIpc) is 3.05. The summed E-state index contributed by atoms with van der Waals surface area (Å²) in [4.78, 5) is 19.8. The number of fused-ring (bicyclic) bond motifs is 1. The molecule has 0 N–H and O–H groups in total. The first-order valence-corrected chi connectivity index (χ1v) is 7.11. The van der Waals surface area contributed by atoms with Crippen LogP contribution in [0.1, 0.15) is 9.67 Å². The van der Waals surface area contributed by atoms with E-state index in [9.17, 15) is 4.79 Å². The van der Waals surface area contributed by atoms with Gasteiger partial charge in [0.05, 0.1) is 4.88 Å². The number of hydrogen-bond acceptors (Lipinski definition) is 3. The largest absolute Gasteiger partial charge is 0.344 e. The zero-order valence-corrected chi connectivity index (χ0v) is 12.4. The number of nitrogens with zero attached hydrogens (tertiary/aromatic N) is 3. The van der Waals surface area contributed by atoms with Crippen molar-refractivity contribution in [2.45, 2.75) is 0 Å². The van der Waals surface area contributed by atoms with E-state index in [0.29, 0.717) is 0 Å². The number of hydrogen-bond donors (Lipinski definition) is 0. The Hall–Kier alpha value is -2.14. The van der Waals surface area contributed by atoms with Crippen LogP contribution in [-0.4, -0.2) is 34.5 Å². The molecule has 0 fully saturated rings. The van der Waals surface area contributed by atoms with E-state index in [1.165, 1.54) is 11.3 Å². The summed E-state index contributed by atoms with van der Waals surface area (Å²) in [6, 6.07) is 7.95. The minimum atomic E-state index is 0.0413. The van der Waals surface area contributed by atoms with Crippen molar-refractivity contribution in [3.63, 3.8) is 0 Å². The van der Waals surface area contributed by atoms with Crippen molar-refractivity contribution in [2.24, 2.45) is 7.05 Å². The summed E-state index contributed by atoms with van der Waals surface area (Å²) in [5, 5.41) is 1.11. The molecule has 3 rings (SSSR count). The Balaban J connectivity index is 2.10. The van der Waals surface area contributed by atoms with Crippen LogP contribution in [0.25, 0.3) is 21.5 Å². The zero-order valence-electron chi connectivity index (χ0n) is 11.6. The molecule has 4 nitrogen and oxygen atoms in total. The predicted octanol–water partition coefficient (Wildman–Crippen LogP) is 3.00. The molecule has 0 aliphatic carbocycles. The van der Waals surface area contributed by atoms with Crippen molar-refractivity contribution in [3.8, 4) is 10.4 Å². The summed E-state index contributed by atoms with van der Waals surface area (Å²) in [6.45, 7) is 0. The van der Waals surface area contributed by atoms with Gasteiger partial charge in [0.1, 0.15) is 5.65 Å². The normalized spacial score (nSPS) is 10.9. The Kier molecular flexibility index (Phi) is 3.06. The molecule has 0 saturated heterocycles. The van der Waals surface area contributed by atoms with Crippen molar-refractivity contribution >= 4 is 28.3 Å². The quantitative estimate of drug-likeness (QED) is 0.726. The number of aromatic nitrogens is 2. The Bertz CT molecular complexity index is 785. The van der Waals surface area contributed by atoms with E-state index in [1.54, 1.807) is 19.0 Å². The van der Waals surface area contributed by atoms with E-state index in [1.807, 2.05) is 42.2 Å². The fourth-order valence-corrected chi connectivity index (χ4v) is 3.26. The highest BCUT2D eigenvalue weighted by atomic mass is 32.1. The molecule has 0 radical (unpaired) electrons. The fourth-order valence-electron chi connectivity index (χ4n) is 2.20. The summed E-state index contributed by atoms with van der Waals surface area (Å²) in [6.07, 6.45) is 3.81. The van der Waals surface area contributed by atoms with Gasteiger partial charge in [0.2, 0.25) is 0 Å². The molecule has 3 aromatic rings. The maximum Gasteiger partial charge on any atom is 0.263 e. The summed E-state index contributed by atoms with van der Waals surface area (Å²) in [5.74, 6) is 0.0413. The molecule has 0 saturated carbocycles. The topological polar surface area (TPSA) is 38.1 Å². The van der Waals surface area contributed by atoms with E-state index in [0.717, 1.165) is 26.4 Å². The van der Waals surface area contributed by atoms with E-state index in [-0.39, 0.29) is 5.91 Å². The first-order chi connectivity index (χ1) is 9.58. The number of carbonyl (C=O) groups is 1. The molecule has 20 heavy (non-hydrogen) atoms. The third-order valence-electron chi connectivity index (χ3n) is 3.26.